The number of hydrogen-bond acceptors (Lipinski definition) is 2. The van der Waals surface area contributed by atoms with Gasteiger partial charge in [-0.05, 0) is 37.2 Å². The smallest absolute Gasteiger partial charge is 0.0572 e. The van der Waals surface area contributed by atoms with E-state index in [9.17, 15) is 0 Å². The lowest BCUT2D eigenvalue weighted by molar-refractivity contribution is 0.0625. The van der Waals surface area contributed by atoms with E-state index in [1.807, 2.05) is 7.11 Å². The molecule has 18 heavy (non-hydrogen) atoms. The third-order valence-corrected chi connectivity index (χ3v) is 4.09. The van der Waals surface area contributed by atoms with Crippen molar-refractivity contribution in [3.05, 3.63) is 35.9 Å². The van der Waals surface area contributed by atoms with Crippen molar-refractivity contribution in [1.82, 2.24) is 5.32 Å². The number of rotatable bonds is 5. The lowest BCUT2D eigenvalue weighted by Gasteiger charge is -2.29. The van der Waals surface area contributed by atoms with E-state index >= 15 is 0 Å². The molecule has 1 atom stereocenters. The predicted octanol–water partition coefficient (Wildman–Crippen LogP) is 3.34. The highest BCUT2D eigenvalue weighted by Crippen LogP contribution is 2.21. The van der Waals surface area contributed by atoms with Crippen molar-refractivity contribution in [3.8, 4) is 0 Å². The molecule has 0 bridgehead atoms. The van der Waals surface area contributed by atoms with Gasteiger partial charge in [0, 0.05) is 19.7 Å². The van der Waals surface area contributed by atoms with E-state index in [0.717, 1.165) is 6.54 Å². The second-order valence-electron chi connectivity index (χ2n) is 5.43. The summed E-state index contributed by atoms with van der Waals surface area (Å²) in [5.74, 6) is 0.589. The summed E-state index contributed by atoms with van der Waals surface area (Å²) >= 11 is 0. The molecular weight excluding hydrogens is 222 g/mol. The highest BCUT2D eigenvalue weighted by atomic mass is 16.5. The van der Waals surface area contributed by atoms with Crippen LogP contribution < -0.4 is 5.32 Å². The molecule has 0 radical (unpaired) electrons. The Balaban J connectivity index is 1.72. The maximum atomic E-state index is 5.41. The van der Waals surface area contributed by atoms with E-state index in [-0.39, 0.29) is 0 Å². The van der Waals surface area contributed by atoms with E-state index in [1.165, 1.54) is 31.2 Å². The second-order valence-corrected chi connectivity index (χ2v) is 5.43. The molecule has 1 aromatic carbocycles. The number of nitrogens with one attached hydrogen (secondary N) is 1. The average Bonchev–Trinajstić information content (AvgIpc) is 2.46. The molecule has 1 fully saturated rings. The minimum atomic E-state index is 0.495. The first kappa shape index (κ1) is 13.6. The Labute approximate surface area is 111 Å². The zero-order valence-electron chi connectivity index (χ0n) is 11.6. The summed E-state index contributed by atoms with van der Waals surface area (Å²) in [6, 6.07) is 11.4. The van der Waals surface area contributed by atoms with Crippen LogP contribution in [0.4, 0.5) is 0 Å². The van der Waals surface area contributed by atoms with Crippen LogP contribution in [0, 0.1) is 0 Å². The van der Waals surface area contributed by atoms with Crippen molar-refractivity contribution >= 4 is 0 Å². The molecule has 1 aliphatic rings. The third-order valence-electron chi connectivity index (χ3n) is 4.09. The van der Waals surface area contributed by atoms with Crippen molar-refractivity contribution in [2.24, 2.45) is 0 Å². The topological polar surface area (TPSA) is 21.3 Å². The van der Waals surface area contributed by atoms with Gasteiger partial charge in [-0.15, -0.1) is 0 Å². The summed E-state index contributed by atoms with van der Waals surface area (Å²) in [4.78, 5) is 0. The normalized spacial score (nSPS) is 25.9. The van der Waals surface area contributed by atoms with Crippen molar-refractivity contribution in [3.63, 3.8) is 0 Å². The first-order valence-corrected chi connectivity index (χ1v) is 7.10. The Bertz CT molecular complexity index is 330. The summed E-state index contributed by atoms with van der Waals surface area (Å²) in [6.07, 6.45) is 5.40. The maximum absolute atomic E-state index is 5.41. The molecule has 2 rings (SSSR count). The molecule has 2 nitrogen and oxygen atoms in total. The van der Waals surface area contributed by atoms with Crippen LogP contribution in [0.2, 0.25) is 0 Å². The number of hydrogen-bond donors (Lipinski definition) is 1. The number of benzene rings is 1. The molecule has 2 heteroatoms. The zero-order chi connectivity index (χ0) is 12.8. The molecular formula is C16H25NO. The second kappa shape index (κ2) is 6.91. The minimum absolute atomic E-state index is 0.495. The molecule has 1 N–H and O–H groups in total. The van der Waals surface area contributed by atoms with Gasteiger partial charge < -0.3 is 10.1 Å². The van der Waals surface area contributed by atoms with Gasteiger partial charge in [-0.2, -0.15) is 0 Å². The minimum Gasteiger partial charge on any atom is -0.381 e. The molecule has 1 aromatic rings. The van der Waals surface area contributed by atoms with Crippen molar-refractivity contribution in [1.29, 1.82) is 0 Å². The van der Waals surface area contributed by atoms with E-state index in [1.54, 1.807) is 0 Å². The third kappa shape index (κ3) is 3.82. The maximum Gasteiger partial charge on any atom is 0.0572 e. The Hall–Kier alpha value is -0.860. The van der Waals surface area contributed by atoms with Crippen LogP contribution >= 0.6 is 0 Å². The van der Waals surface area contributed by atoms with Crippen LogP contribution in [0.5, 0.6) is 0 Å². The molecule has 0 saturated heterocycles. The molecule has 0 heterocycles. The Morgan fingerprint density at radius 1 is 1.17 bits per heavy atom. The average molecular weight is 247 g/mol. The molecule has 0 spiro atoms. The fraction of sp³-hybridized carbons (Fsp3) is 0.625. The zero-order valence-corrected chi connectivity index (χ0v) is 11.6. The quantitative estimate of drug-likeness (QED) is 0.861. The fourth-order valence-corrected chi connectivity index (χ4v) is 2.75. The predicted molar refractivity (Wildman–Crippen MR) is 75.9 cm³/mol. The SMILES string of the molecule is COC1CCC(NCC(C)c2ccccc2)CC1. The fourth-order valence-electron chi connectivity index (χ4n) is 2.75. The van der Waals surface area contributed by atoms with Crippen LogP contribution in [0.15, 0.2) is 30.3 Å². The van der Waals surface area contributed by atoms with Gasteiger partial charge in [-0.3, -0.25) is 0 Å². The van der Waals surface area contributed by atoms with Crippen LogP contribution in [0.25, 0.3) is 0 Å². The summed E-state index contributed by atoms with van der Waals surface area (Å²) in [6.45, 7) is 3.37. The standard InChI is InChI=1S/C16H25NO/c1-13(14-6-4-3-5-7-14)12-17-15-8-10-16(18-2)11-9-15/h3-7,13,15-17H,8-12H2,1-2H3. The van der Waals surface area contributed by atoms with Gasteiger partial charge in [0.15, 0.2) is 0 Å². The lowest BCUT2D eigenvalue weighted by Crippen LogP contribution is -2.36. The highest BCUT2D eigenvalue weighted by molar-refractivity contribution is 5.19. The van der Waals surface area contributed by atoms with E-state index < -0.39 is 0 Å². The van der Waals surface area contributed by atoms with Gasteiger partial charge in [-0.25, -0.2) is 0 Å². The van der Waals surface area contributed by atoms with Gasteiger partial charge >= 0.3 is 0 Å². The van der Waals surface area contributed by atoms with Crippen molar-refractivity contribution in [2.45, 2.75) is 50.7 Å². The Morgan fingerprint density at radius 2 is 1.83 bits per heavy atom. The van der Waals surface area contributed by atoms with E-state index in [0.29, 0.717) is 18.1 Å². The van der Waals surface area contributed by atoms with Crippen molar-refractivity contribution in [2.75, 3.05) is 13.7 Å². The molecule has 1 unspecified atom stereocenters. The Kier molecular flexibility index (Phi) is 5.21. The molecule has 1 saturated carbocycles. The molecule has 0 amide bonds. The van der Waals surface area contributed by atoms with Crippen LogP contribution in [0.1, 0.15) is 44.1 Å². The van der Waals surface area contributed by atoms with Gasteiger partial charge in [0.1, 0.15) is 0 Å². The molecule has 100 valence electrons. The molecule has 0 aromatic heterocycles. The van der Waals surface area contributed by atoms with Crippen LogP contribution in [-0.2, 0) is 4.74 Å². The molecule has 0 aliphatic heterocycles. The first-order chi connectivity index (χ1) is 8.79. The summed E-state index contributed by atoms with van der Waals surface area (Å²) in [5, 5.41) is 3.71. The first-order valence-electron chi connectivity index (χ1n) is 7.10. The largest absolute Gasteiger partial charge is 0.381 e. The summed E-state index contributed by atoms with van der Waals surface area (Å²) in [5.41, 5.74) is 1.43. The van der Waals surface area contributed by atoms with Gasteiger partial charge in [-0.1, -0.05) is 37.3 Å². The van der Waals surface area contributed by atoms with Gasteiger partial charge in [0.25, 0.3) is 0 Å². The molecule has 1 aliphatic carbocycles. The van der Waals surface area contributed by atoms with Crippen LogP contribution in [-0.4, -0.2) is 25.8 Å². The van der Waals surface area contributed by atoms with E-state index in [4.69, 9.17) is 4.74 Å². The Morgan fingerprint density at radius 3 is 2.44 bits per heavy atom. The van der Waals surface area contributed by atoms with Gasteiger partial charge in [0.05, 0.1) is 6.10 Å². The lowest BCUT2D eigenvalue weighted by atomic mass is 9.92. The number of methoxy groups -OCH3 is 1. The highest BCUT2D eigenvalue weighted by Gasteiger charge is 2.20. The van der Waals surface area contributed by atoms with Gasteiger partial charge in [0.2, 0.25) is 0 Å². The van der Waals surface area contributed by atoms with Crippen molar-refractivity contribution < 1.29 is 4.74 Å². The summed E-state index contributed by atoms with van der Waals surface area (Å²) in [7, 11) is 1.83. The monoisotopic (exact) mass is 247 g/mol. The summed E-state index contributed by atoms with van der Waals surface area (Å²) < 4.78 is 5.41. The van der Waals surface area contributed by atoms with E-state index in [2.05, 4.69) is 42.6 Å². The number of ether oxygens (including phenoxy) is 1. The van der Waals surface area contributed by atoms with Crippen LogP contribution in [0.3, 0.4) is 0 Å².